The number of hydrogen-bond donors (Lipinski definition) is 1. The van der Waals surface area contributed by atoms with Gasteiger partial charge in [0.1, 0.15) is 5.75 Å². The van der Waals surface area contributed by atoms with Gasteiger partial charge in [-0.15, -0.1) is 0 Å². The van der Waals surface area contributed by atoms with Gasteiger partial charge in [0, 0.05) is 5.56 Å². The van der Waals surface area contributed by atoms with E-state index in [1.165, 1.54) is 14.2 Å². The Morgan fingerprint density at radius 1 is 1.44 bits per heavy atom. The molecule has 0 amide bonds. The number of likely N-dealkylation sites (N-methyl/N-ethyl adjacent to an activating group) is 1. The van der Waals surface area contributed by atoms with Crippen LogP contribution in [-0.2, 0) is 6.18 Å². The zero-order valence-corrected chi connectivity index (χ0v) is 11.3. The molecule has 0 aliphatic rings. The number of carbonyl (C=O) groups is 1. The van der Waals surface area contributed by atoms with Crippen molar-refractivity contribution in [1.82, 2.24) is 5.32 Å². The van der Waals surface area contributed by atoms with Crippen LogP contribution in [-0.4, -0.2) is 26.5 Å². The summed E-state index contributed by atoms with van der Waals surface area (Å²) in [5.74, 6) is -0.600. The van der Waals surface area contributed by atoms with Crippen LogP contribution >= 0.6 is 15.9 Å². The molecule has 0 saturated heterocycles. The lowest BCUT2D eigenvalue weighted by atomic mass is 10.0. The van der Waals surface area contributed by atoms with E-state index < -0.39 is 17.5 Å². The fourth-order valence-electron chi connectivity index (χ4n) is 1.43. The molecule has 0 saturated carbocycles. The molecule has 0 aromatic heterocycles. The van der Waals surface area contributed by atoms with E-state index in [-0.39, 0.29) is 17.9 Å². The molecule has 3 nitrogen and oxygen atoms in total. The van der Waals surface area contributed by atoms with Crippen molar-refractivity contribution in [2.75, 3.05) is 20.7 Å². The summed E-state index contributed by atoms with van der Waals surface area (Å²) in [4.78, 5) is 11.6. The van der Waals surface area contributed by atoms with Gasteiger partial charge in [-0.2, -0.15) is 13.2 Å². The monoisotopic (exact) mass is 325 g/mol. The first-order valence-corrected chi connectivity index (χ1v) is 5.73. The number of hydrogen-bond acceptors (Lipinski definition) is 3. The van der Waals surface area contributed by atoms with Gasteiger partial charge in [-0.1, -0.05) is 0 Å². The minimum absolute atomic E-state index is 0.0309. The van der Waals surface area contributed by atoms with Crippen LogP contribution in [0.1, 0.15) is 15.9 Å². The van der Waals surface area contributed by atoms with E-state index in [2.05, 4.69) is 21.2 Å². The molecular weight excluding hydrogens is 315 g/mol. The standard InChI is InChI=1S/C11H11BrF3NO2/c1-16-5-9(17)6-3-8(12)10(18-2)4-7(6)11(13,14)15/h3-4,16H,5H2,1-2H3. The fraction of sp³-hybridized carbons (Fsp3) is 0.364. The topological polar surface area (TPSA) is 38.3 Å². The smallest absolute Gasteiger partial charge is 0.417 e. The zero-order chi connectivity index (χ0) is 13.9. The molecule has 0 spiro atoms. The van der Waals surface area contributed by atoms with E-state index in [1.807, 2.05) is 0 Å². The Balaban J connectivity index is 3.39. The third-order valence-corrected chi connectivity index (χ3v) is 2.85. The maximum absolute atomic E-state index is 12.9. The maximum atomic E-state index is 12.9. The highest BCUT2D eigenvalue weighted by Crippen LogP contribution is 2.38. The molecule has 0 atom stereocenters. The molecule has 0 aliphatic carbocycles. The Labute approximate surface area is 110 Å². The van der Waals surface area contributed by atoms with E-state index in [0.717, 1.165) is 12.1 Å². The van der Waals surface area contributed by atoms with Crippen molar-refractivity contribution in [2.45, 2.75) is 6.18 Å². The second-order valence-electron chi connectivity index (χ2n) is 3.48. The molecule has 0 bridgehead atoms. The number of ketones is 1. The SMILES string of the molecule is CNCC(=O)c1cc(Br)c(OC)cc1C(F)(F)F. The molecule has 0 radical (unpaired) electrons. The van der Waals surface area contributed by atoms with Gasteiger partial charge < -0.3 is 10.1 Å². The Kier molecular flexibility index (Phi) is 4.75. The number of carbonyl (C=O) groups excluding carboxylic acids is 1. The predicted molar refractivity (Wildman–Crippen MR) is 64.0 cm³/mol. The average Bonchev–Trinajstić information content (AvgIpc) is 2.27. The van der Waals surface area contributed by atoms with E-state index >= 15 is 0 Å². The first kappa shape index (κ1) is 15.0. The van der Waals surface area contributed by atoms with E-state index in [4.69, 9.17) is 4.74 Å². The highest BCUT2D eigenvalue weighted by Gasteiger charge is 2.36. The van der Waals surface area contributed by atoms with Crippen molar-refractivity contribution in [1.29, 1.82) is 0 Å². The van der Waals surface area contributed by atoms with Crippen LogP contribution in [0.4, 0.5) is 13.2 Å². The van der Waals surface area contributed by atoms with Gasteiger partial charge >= 0.3 is 6.18 Å². The highest BCUT2D eigenvalue weighted by atomic mass is 79.9. The van der Waals surface area contributed by atoms with E-state index in [1.54, 1.807) is 0 Å². The normalized spacial score (nSPS) is 11.4. The Bertz CT molecular complexity index is 460. The number of methoxy groups -OCH3 is 1. The number of halogens is 4. The Morgan fingerprint density at radius 2 is 2.06 bits per heavy atom. The average molecular weight is 326 g/mol. The molecule has 18 heavy (non-hydrogen) atoms. The summed E-state index contributed by atoms with van der Waals surface area (Å²) in [6, 6.07) is 1.94. The number of rotatable bonds is 4. The number of Topliss-reactive ketones (excluding diaryl/α,β-unsaturated/α-hetero) is 1. The van der Waals surface area contributed by atoms with Gasteiger partial charge in [0.05, 0.1) is 23.7 Å². The van der Waals surface area contributed by atoms with Crippen molar-refractivity contribution in [3.05, 3.63) is 27.7 Å². The summed E-state index contributed by atoms with van der Waals surface area (Å²) < 4.78 is 43.7. The maximum Gasteiger partial charge on any atom is 0.417 e. The molecule has 100 valence electrons. The van der Waals surface area contributed by atoms with Gasteiger partial charge in [0.15, 0.2) is 5.78 Å². The first-order valence-electron chi connectivity index (χ1n) is 4.93. The third kappa shape index (κ3) is 3.23. The molecule has 0 fully saturated rings. The summed E-state index contributed by atoms with van der Waals surface area (Å²) in [5.41, 5.74) is -1.38. The quantitative estimate of drug-likeness (QED) is 0.865. The predicted octanol–water partition coefficient (Wildman–Crippen LogP) is 2.88. The summed E-state index contributed by atoms with van der Waals surface area (Å²) in [6.07, 6.45) is -4.60. The van der Waals surface area contributed by atoms with Gasteiger partial charge in [0.2, 0.25) is 0 Å². The number of benzene rings is 1. The third-order valence-electron chi connectivity index (χ3n) is 2.24. The number of nitrogens with one attached hydrogen (secondary N) is 1. The van der Waals surface area contributed by atoms with Crippen molar-refractivity contribution >= 4 is 21.7 Å². The van der Waals surface area contributed by atoms with Crippen LogP contribution in [0.15, 0.2) is 16.6 Å². The molecular formula is C11H11BrF3NO2. The minimum Gasteiger partial charge on any atom is -0.496 e. The summed E-state index contributed by atoms with van der Waals surface area (Å²) in [7, 11) is 2.75. The van der Waals surface area contributed by atoms with Crippen LogP contribution in [0.25, 0.3) is 0 Å². The van der Waals surface area contributed by atoms with Gasteiger partial charge in [-0.25, -0.2) is 0 Å². The summed E-state index contributed by atoms with van der Waals surface area (Å²) >= 11 is 3.06. The van der Waals surface area contributed by atoms with E-state index in [0.29, 0.717) is 4.47 Å². The van der Waals surface area contributed by atoms with Gasteiger partial charge in [0.25, 0.3) is 0 Å². The second-order valence-corrected chi connectivity index (χ2v) is 4.34. The van der Waals surface area contributed by atoms with Crippen molar-refractivity contribution < 1.29 is 22.7 Å². The summed E-state index contributed by atoms with van der Waals surface area (Å²) in [6.45, 7) is -0.165. The molecule has 1 aromatic rings. The lowest BCUT2D eigenvalue weighted by molar-refractivity contribution is -0.138. The lowest BCUT2D eigenvalue weighted by Crippen LogP contribution is -2.22. The number of alkyl halides is 3. The van der Waals surface area contributed by atoms with Gasteiger partial charge in [-0.3, -0.25) is 4.79 Å². The largest absolute Gasteiger partial charge is 0.496 e. The molecule has 0 heterocycles. The first-order chi connectivity index (χ1) is 8.31. The molecule has 1 rings (SSSR count). The van der Waals surface area contributed by atoms with Crippen molar-refractivity contribution in [3.8, 4) is 5.75 Å². The van der Waals surface area contributed by atoms with E-state index in [9.17, 15) is 18.0 Å². The number of ether oxygens (including phenoxy) is 1. The van der Waals surface area contributed by atoms with Crippen molar-refractivity contribution in [2.24, 2.45) is 0 Å². The molecule has 0 unspecified atom stereocenters. The van der Waals surface area contributed by atoms with Crippen LogP contribution in [0.5, 0.6) is 5.75 Å². The molecule has 1 aromatic carbocycles. The van der Waals surface area contributed by atoms with Crippen LogP contribution in [0, 0.1) is 0 Å². The molecule has 7 heteroatoms. The van der Waals surface area contributed by atoms with Crippen molar-refractivity contribution in [3.63, 3.8) is 0 Å². The zero-order valence-electron chi connectivity index (χ0n) is 9.69. The van der Waals surface area contributed by atoms with Gasteiger partial charge in [-0.05, 0) is 35.1 Å². The molecule has 0 aliphatic heterocycles. The molecule has 1 N–H and O–H groups in total. The second kappa shape index (κ2) is 5.71. The summed E-state index contributed by atoms with van der Waals surface area (Å²) in [5, 5.41) is 2.53. The van der Waals surface area contributed by atoms with Crippen LogP contribution < -0.4 is 10.1 Å². The Hall–Kier alpha value is -1.08. The minimum atomic E-state index is -4.60. The lowest BCUT2D eigenvalue weighted by Gasteiger charge is -2.14. The highest BCUT2D eigenvalue weighted by molar-refractivity contribution is 9.10. The van der Waals surface area contributed by atoms with Crippen LogP contribution in [0.2, 0.25) is 0 Å². The fourth-order valence-corrected chi connectivity index (χ4v) is 1.94. The Morgan fingerprint density at radius 3 is 2.50 bits per heavy atom. The van der Waals surface area contributed by atoms with Crippen LogP contribution in [0.3, 0.4) is 0 Å².